The van der Waals surface area contributed by atoms with Crippen molar-refractivity contribution < 1.29 is 23.8 Å². The van der Waals surface area contributed by atoms with E-state index in [1.165, 1.54) is 6.21 Å². The van der Waals surface area contributed by atoms with Gasteiger partial charge in [0.2, 0.25) is 0 Å². The minimum absolute atomic E-state index is 0.286. The van der Waals surface area contributed by atoms with Crippen molar-refractivity contribution in [2.45, 2.75) is 20.3 Å². The lowest BCUT2D eigenvalue weighted by molar-refractivity contribution is 0.0728. The maximum atomic E-state index is 12.6. The molecule has 0 heterocycles. The number of hydrazone groups is 1. The Morgan fingerprint density at radius 2 is 1.74 bits per heavy atom. The van der Waals surface area contributed by atoms with Gasteiger partial charge in [0.05, 0.1) is 25.0 Å². The number of carbonyl (C=O) groups excluding carboxylic acids is 2. The third-order valence-electron chi connectivity index (χ3n) is 4.50. The Morgan fingerprint density at radius 3 is 2.44 bits per heavy atom. The minimum Gasteiger partial charge on any atom is -0.494 e. The van der Waals surface area contributed by atoms with Gasteiger partial charge in [-0.25, -0.2) is 10.2 Å². The van der Waals surface area contributed by atoms with Crippen molar-refractivity contribution in [3.8, 4) is 17.2 Å². The van der Waals surface area contributed by atoms with Gasteiger partial charge in [0, 0.05) is 10.0 Å². The fraction of sp³-hybridized carbons (Fsp3) is 0.192. The SMILES string of the molecule is CCCOc1ccc(C(=O)Oc2ccc(/C=N\NC(=O)c3cccc(Br)c3)cc2OCC)cc1. The topological polar surface area (TPSA) is 86.2 Å². The highest BCUT2D eigenvalue weighted by molar-refractivity contribution is 9.10. The Morgan fingerprint density at radius 1 is 0.941 bits per heavy atom. The Kier molecular flexibility index (Phi) is 9.22. The average molecular weight is 525 g/mol. The van der Waals surface area contributed by atoms with E-state index in [4.69, 9.17) is 14.2 Å². The molecule has 3 aromatic rings. The summed E-state index contributed by atoms with van der Waals surface area (Å²) in [6, 6.07) is 18.8. The fourth-order valence-corrected chi connectivity index (χ4v) is 3.28. The second kappa shape index (κ2) is 12.6. The molecule has 0 bridgehead atoms. The predicted octanol–water partition coefficient (Wildman–Crippen LogP) is 5.62. The summed E-state index contributed by atoms with van der Waals surface area (Å²) in [5.41, 5.74) is 4.02. The van der Waals surface area contributed by atoms with Crippen LogP contribution in [0.15, 0.2) is 76.3 Å². The highest BCUT2D eigenvalue weighted by Gasteiger charge is 2.13. The van der Waals surface area contributed by atoms with Gasteiger partial charge in [-0.15, -0.1) is 0 Å². The van der Waals surface area contributed by atoms with E-state index in [9.17, 15) is 9.59 Å². The number of rotatable bonds is 10. The molecule has 0 saturated carbocycles. The number of esters is 1. The number of amides is 1. The van der Waals surface area contributed by atoms with Gasteiger partial charge in [-0.1, -0.05) is 28.9 Å². The van der Waals surface area contributed by atoms with Crippen molar-refractivity contribution in [1.82, 2.24) is 5.43 Å². The van der Waals surface area contributed by atoms with E-state index in [1.807, 2.05) is 19.9 Å². The van der Waals surface area contributed by atoms with Crippen LogP contribution in [0.5, 0.6) is 17.2 Å². The van der Waals surface area contributed by atoms with Gasteiger partial charge in [0.15, 0.2) is 11.5 Å². The number of halogens is 1. The molecule has 0 fully saturated rings. The zero-order valence-electron chi connectivity index (χ0n) is 18.9. The summed E-state index contributed by atoms with van der Waals surface area (Å²) < 4.78 is 17.5. The maximum Gasteiger partial charge on any atom is 0.343 e. The standard InChI is InChI=1S/C26H25BrN2O5/c1-3-14-33-22-11-9-19(10-12-22)26(31)34-23-13-8-18(15-24(23)32-4-2)17-28-29-25(30)20-6-5-7-21(27)16-20/h5-13,15-17H,3-4,14H2,1-2H3,(H,29,30)/b28-17-. The Bertz CT molecular complexity index is 1160. The molecular formula is C26H25BrN2O5. The van der Waals surface area contributed by atoms with Crippen molar-refractivity contribution in [2.75, 3.05) is 13.2 Å². The van der Waals surface area contributed by atoms with Crippen molar-refractivity contribution >= 4 is 34.0 Å². The van der Waals surface area contributed by atoms with Crippen LogP contribution in [0.25, 0.3) is 0 Å². The molecule has 0 aromatic heterocycles. The first kappa shape index (κ1) is 25.0. The smallest absolute Gasteiger partial charge is 0.343 e. The highest BCUT2D eigenvalue weighted by atomic mass is 79.9. The fourth-order valence-electron chi connectivity index (χ4n) is 2.88. The van der Waals surface area contributed by atoms with Gasteiger partial charge >= 0.3 is 5.97 Å². The van der Waals surface area contributed by atoms with E-state index < -0.39 is 5.97 Å². The maximum absolute atomic E-state index is 12.6. The number of benzene rings is 3. The van der Waals surface area contributed by atoms with E-state index in [0.717, 1.165) is 10.9 Å². The lowest BCUT2D eigenvalue weighted by atomic mass is 10.2. The van der Waals surface area contributed by atoms with Gasteiger partial charge in [-0.2, -0.15) is 5.10 Å². The molecule has 0 spiro atoms. The first-order valence-corrected chi connectivity index (χ1v) is 11.6. The monoisotopic (exact) mass is 524 g/mol. The lowest BCUT2D eigenvalue weighted by Gasteiger charge is -2.12. The number of carbonyl (C=O) groups is 2. The van der Waals surface area contributed by atoms with Crippen molar-refractivity contribution in [3.63, 3.8) is 0 Å². The summed E-state index contributed by atoms with van der Waals surface area (Å²) >= 11 is 3.33. The van der Waals surface area contributed by atoms with E-state index in [0.29, 0.717) is 41.4 Å². The van der Waals surface area contributed by atoms with E-state index in [-0.39, 0.29) is 11.7 Å². The first-order valence-electron chi connectivity index (χ1n) is 10.8. The molecule has 0 aliphatic heterocycles. The molecular weight excluding hydrogens is 500 g/mol. The molecule has 3 rings (SSSR count). The quantitative estimate of drug-likeness (QED) is 0.161. The normalized spacial score (nSPS) is 10.7. The van der Waals surface area contributed by atoms with E-state index in [2.05, 4.69) is 26.5 Å². The Hall–Kier alpha value is -3.65. The Balaban J connectivity index is 1.66. The van der Waals surface area contributed by atoms with Gasteiger partial charge < -0.3 is 14.2 Å². The second-order valence-corrected chi connectivity index (χ2v) is 8.03. The zero-order valence-corrected chi connectivity index (χ0v) is 20.5. The minimum atomic E-state index is -0.509. The number of hydrogen-bond donors (Lipinski definition) is 1. The average Bonchev–Trinajstić information content (AvgIpc) is 2.84. The largest absolute Gasteiger partial charge is 0.494 e. The number of nitrogens with zero attached hydrogens (tertiary/aromatic N) is 1. The summed E-state index contributed by atoms with van der Waals surface area (Å²) in [6.45, 7) is 4.86. The summed E-state index contributed by atoms with van der Waals surface area (Å²) in [4.78, 5) is 24.8. The van der Waals surface area contributed by atoms with Crippen LogP contribution in [0.3, 0.4) is 0 Å². The molecule has 0 aliphatic rings. The highest BCUT2D eigenvalue weighted by Crippen LogP contribution is 2.29. The molecule has 34 heavy (non-hydrogen) atoms. The molecule has 0 aliphatic carbocycles. The lowest BCUT2D eigenvalue weighted by Crippen LogP contribution is -2.17. The molecule has 0 saturated heterocycles. The van der Waals surface area contributed by atoms with Crippen LogP contribution in [0.2, 0.25) is 0 Å². The van der Waals surface area contributed by atoms with Gasteiger partial charge in [0.25, 0.3) is 5.91 Å². The van der Waals surface area contributed by atoms with Crippen LogP contribution < -0.4 is 19.6 Å². The molecule has 7 nitrogen and oxygen atoms in total. The van der Waals surface area contributed by atoms with Gasteiger partial charge in [-0.05, 0) is 79.6 Å². The van der Waals surface area contributed by atoms with Crippen LogP contribution in [0, 0.1) is 0 Å². The van der Waals surface area contributed by atoms with Gasteiger partial charge in [0.1, 0.15) is 5.75 Å². The summed E-state index contributed by atoms with van der Waals surface area (Å²) in [7, 11) is 0. The number of nitrogens with one attached hydrogen (secondary N) is 1. The van der Waals surface area contributed by atoms with E-state index >= 15 is 0 Å². The molecule has 1 N–H and O–H groups in total. The molecule has 0 atom stereocenters. The molecule has 176 valence electrons. The molecule has 1 amide bonds. The van der Waals surface area contributed by atoms with E-state index in [1.54, 1.807) is 60.7 Å². The predicted molar refractivity (Wildman–Crippen MR) is 134 cm³/mol. The van der Waals surface area contributed by atoms with Crippen LogP contribution in [0.4, 0.5) is 0 Å². The van der Waals surface area contributed by atoms with Gasteiger partial charge in [-0.3, -0.25) is 4.79 Å². The van der Waals surface area contributed by atoms with Crippen LogP contribution in [-0.4, -0.2) is 31.3 Å². The third kappa shape index (κ3) is 7.18. The van der Waals surface area contributed by atoms with Crippen molar-refractivity contribution in [3.05, 3.63) is 87.9 Å². The summed E-state index contributed by atoms with van der Waals surface area (Å²) in [5.74, 6) is 0.531. The zero-order chi connectivity index (χ0) is 24.3. The molecule has 8 heteroatoms. The first-order chi connectivity index (χ1) is 16.5. The summed E-state index contributed by atoms with van der Waals surface area (Å²) in [5, 5.41) is 4.00. The van der Waals surface area contributed by atoms with Crippen molar-refractivity contribution in [1.29, 1.82) is 0 Å². The number of ether oxygens (including phenoxy) is 3. The third-order valence-corrected chi connectivity index (χ3v) is 4.99. The second-order valence-electron chi connectivity index (χ2n) is 7.11. The van der Waals surface area contributed by atoms with Crippen LogP contribution in [0.1, 0.15) is 46.5 Å². The summed E-state index contributed by atoms with van der Waals surface area (Å²) in [6.07, 6.45) is 2.39. The molecule has 0 radical (unpaired) electrons. The number of hydrogen-bond acceptors (Lipinski definition) is 6. The van der Waals surface area contributed by atoms with Crippen LogP contribution in [-0.2, 0) is 0 Å². The molecule has 0 unspecified atom stereocenters. The molecule has 3 aromatic carbocycles. The van der Waals surface area contributed by atoms with Crippen molar-refractivity contribution in [2.24, 2.45) is 5.10 Å². The van der Waals surface area contributed by atoms with Crippen LogP contribution >= 0.6 is 15.9 Å². The Labute approximate surface area is 206 Å².